The van der Waals surface area contributed by atoms with Gasteiger partial charge in [0.2, 0.25) is 5.41 Å². The fourth-order valence-electron chi connectivity index (χ4n) is 4.54. The summed E-state index contributed by atoms with van der Waals surface area (Å²) >= 11 is 0. The second kappa shape index (κ2) is 8.36. The number of hydrogen-bond acceptors (Lipinski definition) is 7. The van der Waals surface area contributed by atoms with Gasteiger partial charge in [0, 0.05) is 24.9 Å². The molecule has 0 aromatic heterocycles. The lowest BCUT2D eigenvalue weighted by atomic mass is 9.55. The average molecular weight is 431 g/mol. The summed E-state index contributed by atoms with van der Waals surface area (Å²) in [7, 11) is 1.29. The van der Waals surface area contributed by atoms with E-state index in [4.69, 9.17) is 14.9 Å². The second-order valence-electron chi connectivity index (χ2n) is 8.94. The van der Waals surface area contributed by atoms with E-state index >= 15 is 0 Å². The van der Waals surface area contributed by atoms with E-state index in [9.17, 15) is 20.6 Å². The van der Waals surface area contributed by atoms with Gasteiger partial charge in [0.25, 0.3) is 0 Å². The maximum Gasteiger partial charge on any atom is 0.409 e. The Morgan fingerprint density at radius 3 is 2.31 bits per heavy atom. The zero-order valence-electron chi connectivity index (χ0n) is 18.5. The standard InChI is InChI=1S/C24H25N5O3/c1-23(2,3)32-16-7-5-15(6-8-16)20-17(11-25)21(28)24(13-26,14-27)19-9-10-29(12-18(19)20)22(30)31-4/h5-9,17-18,20,28H,10,12H2,1-4H3/t17?,18-,20-/m1/s1. The summed E-state index contributed by atoms with van der Waals surface area (Å²) in [5.74, 6) is -1.33. The zero-order valence-corrected chi connectivity index (χ0v) is 18.5. The Morgan fingerprint density at radius 1 is 1.19 bits per heavy atom. The minimum atomic E-state index is -1.82. The molecule has 8 heteroatoms. The third-order valence-corrected chi connectivity index (χ3v) is 5.89. The molecule has 0 bridgehead atoms. The van der Waals surface area contributed by atoms with Gasteiger partial charge in [0.05, 0.1) is 36.9 Å². The van der Waals surface area contributed by atoms with Crippen LogP contribution >= 0.6 is 0 Å². The van der Waals surface area contributed by atoms with E-state index in [1.807, 2.05) is 45.0 Å². The molecule has 1 aromatic carbocycles. The molecule has 3 rings (SSSR count). The first-order valence-electron chi connectivity index (χ1n) is 10.2. The van der Waals surface area contributed by atoms with E-state index < -0.39 is 29.3 Å². The molecule has 1 fully saturated rings. The molecule has 1 heterocycles. The summed E-state index contributed by atoms with van der Waals surface area (Å²) in [5.41, 5.74) is -1.17. The minimum absolute atomic E-state index is 0.166. The van der Waals surface area contributed by atoms with Crippen molar-refractivity contribution in [3.63, 3.8) is 0 Å². The molecule has 1 saturated carbocycles. The maximum atomic E-state index is 12.2. The van der Waals surface area contributed by atoms with Gasteiger partial charge in [-0.25, -0.2) is 4.79 Å². The van der Waals surface area contributed by atoms with Crippen LogP contribution in [0.4, 0.5) is 4.79 Å². The van der Waals surface area contributed by atoms with Crippen LogP contribution in [0.5, 0.6) is 5.75 Å². The van der Waals surface area contributed by atoms with Crippen LogP contribution in [0.2, 0.25) is 0 Å². The first-order valence-corrected chi connectivity index (χ1v) is 10.2. The Labute approximate surface area is 187 Å². The lowest BCUT2D eigenvalue weighted by molar-refractivity contribution is 0.115. The monoisotopic (exact) mass is 431 g/mol. The van der Waals surface area contributed by atoms with Crippen LogP contribution in [0, 0.1) is 56.7 Å². The Bertz CT molecular complexity index is 1070. The SMILES string of the molecule is COC(=O)N1CC=C2[C@@H](C1)[C@H](c1ccc(OC(C)(C)C)cc1)C(C#N)C(=N)C2(C#N)C#N. The summed E-state index contributed by atoms with van der Waals surface area (Å²) in [6.45, 7) is 6.18. The summed E-state index contributed by atoms with van der Waals surface area (Å²) < 4.78 is 10.7. The number of nitrogens with one attached hydrogen (secondary N) is 1. The number of nitrogens with zero attached hydrogens (tertiary/aromatic N) is 4. The number of methoxy groups -OCH3 is 1. The topological polar surface area (TPSA) is 134 Å². The Hall–Kier alpha value is -3.83. The van der Waals surface area contributed by atoms with Gasteiger partial charge in [-0.3, -0.25) is 0 Å². The van der Waals surface area contributed by atoms with Gasteiger partial charge in [-0.1, -0.05) is 18.2 Å². The Balaban J connectivity index is 2.11. The highest BCUT2D eigenvalue weighted by Crippen LogP contribution is 2.52. The minimum Gasteiger partial charge on any atom is -0.488 e. The summed E-state index contributed by atoms with van der Waals surface area (Å²) in [4.78, 5) is 13.7. The number of carbonyl (C=O) groups is 1. The lowest BCUT2D eigenvalue weighted by Crippen LogP contribution is -2.53. The predicted molar refractivity (Wildman–Crippen MR) is 116 cm³/mol. The number of carbonyl (C=O) groups excluding carboxylic acids is 1. The molecular formula is C24H25N5O3. The number of amides is 1. The maximum absolute atomic E-state index is 12.2. The fraction of sp³-hybridized carbons (Fsp3) is 0.458. The largest absolute Gasteiger partial charge is 0.488 e. The highest BCUT2D eigenvalue weighted by Gasteiger charge is 2.56. The van der Waals surface area contributed by atoms with Crippen molar-refractivity contribution in [3.8, 4) is 24.0 Å². The van der Waals surface area contributed by atoms with Crippen molar-refractivity contribution in [3.05, 3.63) is 41.5 Å². The van der Waals surface area contributed by atoms with Crippen molar-refractivity contribution >= 4 is 11.8 Å². The van der Waals surface area contributed by atoms with Crippen molar-refractivity contribution in [2.75, 3.05) is 20.2 Å². The van der Waals surface area contributed by atoms with Gasteiger partial charge in [0.1, 0.15) is 11.4 Å². The van der Waals surface area contributed by atoms with E-state index in [2.05, 4.69) is 6.07 Å². The molecule has 1 N–H and O–H groups in total. The van der Waals surface area contributed by atoms with Crippen molar-refractivity contribution in [1.29, 1.82) is 21.2 Å². The first-order chi connectivity index (χ1) is 15.1. The number of fused-ring (bicyclic) bond motifs is 1. The normalized spacial score (nSPS) is 24.2. The molecule has 8 nitrogen and oxygen atoms in total. The highest BCUT2D eigenvalue weighted by atomic mass is 16.5. The van der Waals surface area contributed by atoms with Gasteiger partial charge in [-0.15, -0.1) is 0 Å². The van der Waals surface area contributed by atoms with Crippen molar-refractivity contribution < 1.29 is 14.3 Å². The number of benzene rings is 1. The second-order valence-corrected chi connectivity index (χ2v) is 8.94. The van der Waals surface area contributed by atoms with E-state index in [1.165, 1.54) is 12.0 Å². The molecule has 1 aliphatic carbocycles. The molecule has 1 aromatic rings. The lowest BCUT2D eigenvalue weighted by Gasteiger charge is -2.47. The van der Waals surface area contributed by atoms with Crippen molar-refractivity contribution in [2.45, 2.75) is 32.3 Å². The summed E-state index contributed by atoms with van der Waals surface area (Å²) in [6, 6.07) is 13.4. The number of rotatable bonds is 2. The summed E-state index contributed by atoms with van der Waals surface area (Å²) in [5, 5.41) is 38.4. The number of hydrogen-bond donors (Lipinski definition) is 1. The van der Waals surface area contributed by atoms with Gasteiger partial charge in [0.15, 0.2) is 0 Å². The van der Waals surface area contributed by atoms with E-state index in [0.717, 1.165) is 5.56 Å². The number of nitriles is 3. The molecule has 32 heavy (non-hydrogen) atoms. The average Bonchev–Trinajstić information content (AvgIpc) is 2.77. The Morgan fingerprint density at radius 2 is 1.81 bits per heavy atom. The van der Waals surface area contributed by atoms with Gasteiger partial charge >= 0.3 is 6.09 Å². The smallest absolute Gasteiger partial charge is 0.409 e. The molecule has 1 aliphatic heterocycles. The van der Waals surface area contributed by atoms with Gasteiger partial charge in [-0.2, -0.15) is 15.8 Å². The molecule has 1 unspecified atom stereocenters. The number of ether oxygens (including phenoxy) is 2. The van der Waals surface area contributed by atoms with Crippen LogP contribution in [0.15, 0.2) is 35.9 Å². The van der Waals surface area contributed by atoms with Crippen LogP contribution < -0.4 is 4.74 Å². The molecule has 0 radical (unpaired) electrons. The molecule has 1 amide bonds. The van der Waals surface area contributed by atoms with Crippen molar-refractivity contribution in [1.82, 2.24) is 4.90 Å². The highest BCUT2D eigenvalue weighted by molar-refractivity contribution is 6.01. The van der Waals surface area contributed by atoms with Crippen LogP contribution in [0.1, 0.15) is 32.3 Å². The quantitative estimate of drug-likeness (QED) is 0.708. The Kier molecular flexibility index (Phi) is 5.97. The van der Waals surface area contributed by atoms with Gasteiger partial charge in [-0.05, 0) is 44.0 Å². The first kappa shape index (κ1) is 22.8. The molecule has 2 aliphatic rings. The molecule has 164 valence electrons. The van der Waals surface area contributed by atoms with Crippen LogP contribution in [0.25, 0.3) is 0 Å². The molecule has 3 atom stereocenters. The predicted octanol–water partition coefficient (Wildman–Crippen LogP) is 3.78. The van der Waals surface area contributed by atoms with Crippen LogP contribution in [-0.4, -0.2) is 42.5 Å². The fourth-order valence-corrected chi connectivity index (χ4v) is 4.54. The van der Waals surface area contributed by atoms with E-state index in [1.54, 1.807) is 18.2 Å². The molecule has 0 spiro atoms. The third kappa shape index (κ3) is 3.79. The zero-order chi connectivity index (χ0) is 23.7. The van der Waals surface area contributed by atoms with Crippen LogP contribution in [0.3, 0.4) is 0 Å². The molecular weight excluding hydrogens is 406 g/mol. The summed E-state index contributed by atoms with van der Waals surface area (Å²) in [6.07, 6.45) is 1.13. The third-order valence-electron chi connectivity index (χ3n) is 5.89. The van der Waals surface area contributed by atoms with Gasteiger partial charge < -0.3 is 19.8 Å². The van der Waals surface area contributed by atoms with E-state index in [0.29, 0.717) is 11.3 Å². The van der Waals surface area contributed by atoms with Crippen LogP contribution in [-0.2, 0) is 4.74 Å². The van der Waals surface area contributed by atoms with E-state index in [-0.39, 0.29) is 24.4 Å². The molecule has 0 saturated heterocycles. The van der Waals surface area contributed by atoms with Crippen molar-refractivity contribution in [2.24, 2.45) is 17.3 Å².